The molecule has 0 bridgehead atoms. The summed E-state index contributed by atoms with van der Waals surface area (Å²) in [7, 11) is -0.981. The van der Waals surface area contributed by atoms with Gasteiger partial charge in [-0.05, 0) is 26.0 Å². The Morgan fingerprint density at radius 2 is 2.00 bits per heavy atom. The lowest BCUT2D eigenvalue weighted by atomic mass is 10.0. The predicted molar refractivity (Wildman–Crippen MR) is 78.4 cm³/mol. The molecular weight excluding hydrogens is 262 g/mol. The number of para-hydroxylation sites is 1. The summed E-state index contributed by atoms with van der Waals surface area (Å²) >= 11 is 0. The van der Waals surface area contributed by atoms with Gasteiger partial charge in [-0.25, -0.2) is 8.42 Å². The molecule has 5 heteroatoms. The second-order valence-corrected chi connectivity index (χ2v) is 6.88. The Morgan fingerprint density at radius 1 is 1.32 bits per heavy atom. The Hall–Kier alpha value is -1.07. The Balaban J connectivity index is 2.63. The molecule has 1 unspecified atom stereocenters. The van der Waals surface area contributed by atoms with E-state index in [-0.39, 0.29) is 11.8 Å². The van der Waals surface area contributed by atoms with Gasteiger partial charge in [0.05, 0.1) is 12.4 Å². The predicted octanol–water partition coefficient (Wildman–Crippen LogP) is 2.17. The van der Waals surface area contributed by atoms with Gasteiger partial charge < -0.3 is 10.1 Å². The minimum absolute atomic E-state index is 0.165. The van der Waals surface area contributed by atoms with Gasteiger partial charge in [0.1, 0.15) is 15.6 Å². The molecule has 0 fully saturated rings. The van der Waals surface area contributed by atoms with Crippen LogP contribution in [0.1, 0.15) is 31.4 Å². The van der Waals surface area contributed by atoms with Gasteiger partial charge in [0.2, 0.25) is 0 Å². The van der Waals surface area contributed by atoms with Crippen molar-refractivity contribution in [3.63, 3.8) is 0 Å². The molecule has 1 aromatic carbocycles. The van der Waals surface area contributed by atoms with Gasteiger partial charge in [0, 0.05) is 17.9 Å². The summed E-state index contributed by atoms with van der Waals surface area (Å²) in [6.45, 7) is 2.53. The second-order valence-electron chi connectivity index (χ2n) is 4.62. The average Bonchev–Trinajstić information content (AvgIpc) is 2.36. The van der Waals surface area contributed by atoms with Crippen molar-refractivity contribution in [2.24, 2.45) is 0 Å². The monoisotopic (exact) mass is 285 g/mol. The van der Waals surface area contributed by atoms with Crippen molar-refractivity contribution in [2.45, 2.75) is 25.8 Å². The molecule has 0 aliphatic rings. The standard InChI is InChI=1S/C14H23NO3S/c1-4-13(15-2)12-8-5-6-9-14(12)18-10-7-11-19(3,16)17/h5-6,8-9,13,15H,4,7,10-11H2,1-3H3. The minimum atomic E-state index is -2.91. The van der Waals surface area contributed by atoms with Crippen molar-refractivity contribution in [3.8, 4) is 5.75 Å². The molecule has 19 heavy (non-hydrogen) atoms. The van der Waals surface area contributed by atoms with Crippen LogP contribution < -0.4 is 10.1 Å². The Bertz CT molecular complexity index is 481. The van der Waals surface area contributed by atoms with Gasteiger partial charge in [-0.2, -0.15) is 0 Å². The molecule has 0 heterocycles. The van der Waals surface area contributed by atoms with Crippen molar-refractivity contribution in [1.29, 1.82) is 0 Å². The van der Waals surface area contributed by atoms with Gasteiger partial charge in [0.25, 0.3) is 0 Å². The first-order valence-corrected chi connectivity index (χ1v) is 8.60. The molecule has 0 aliphatic carbocycles. The first kappa shape index (κ1) is 16.0. The zero-order chi connectivity index (χ0) is 14.3. The van der Waals surface area contributed by atoms with Gasteiger partial charge in [-0.1, -0.05) is 25.1 Å². The second kappa shape index (κ2) is 7.50. The normalized spacial score (nSPS) is 13.2. The van der Waals surface area contributed by atoms with Crippen molar-refractivity contribution in [2.75, 3.05) is 25.7 Å². The molecule has 1 N–H and O–H groups in total. The van der Waals surface area contributed by atoms with E-state index < -0.39 is 9.84 Å². The number of sulfone groups is 1. The van der Waals surface area contributed by atoms with Crippen molar-refractivity contribution < 1.29 is 13.2 Å². The van der Waals surface area contributed by atoms with Crippen LogP contribution in [0.5, 0.6) is 5.75 Å². The van der Waals surface area contributed by atoms with Crippen LogP contribution in [0, 0.1) is 0 Å². The highest BCUT2D eigenvalue weighted by Crippen LogP contribution is 2.26. The van der Waals surface area contributed by atoms with Crippen LogP contribution in [0.4, 0.5) is 0 Å². The highest BCUT2D eigenvalue weighted by atomic mass is 32.2. The fourth-order valence-electron chi connectivity index (χ4n) is 1.98. The topological polar surface area (TPSA) is 55.4 Å². The molecule has 0 spiro atoms. The third-order valence-electron chi connectivity index (χ3n) is 2.97. The van der Waals surface area contributed by atoms with Crippen molar-refractivity contribution in [1.82, 2.24) is 5.32 Å². The molecule has 0 radical (unpaired) electrons. The van der Waals surface area contributed by atoms with Gasteiger partial charge in [-0.3, -0.25) is 0 Å². The summed E-state index contributed by atoms with van der Waals surface area (Å²) < 4.78 is 27.8. The van der Waals surface area contributed by atoms with Crippen LogP contribution in [0.15, 0.2) is 24.3 Å². The molecule has 0 saturated carbocycles. The molecule has 1 rings (SSSR count). The lowest BCUT2D eigenvalue weighted by Crippen LogP contribution is -2.17. The van der Waals surface area contributed by atoms with E-state index in [1.165, 1.54) is 6.26 Å². The minimum Gasteiger partial charge on any atom is -0.493 e. The number of ether oxygens (including phenoxy) is 1. The molecule has 1 aromatic rings. The summed E-state index contributed by atoms with van der Waals surface area (Å²) in [6, 6.07) is 8.13. The van der Waals surface area contributed by atoms with Gasteiger partial charge in [0.15, 0.2) is 0 Å². The summed E-state index contributed by atoms with van der Waals surface area (Å²) in [5, 5.41) is 3.25. The molecule has 1 atom stereocenters. The number of rotatable bonds is 8. The largest absolute Gasteiger partial charge is 0.493 e. The average molecular weight is 285 g/mol. The van der Waals surface area contributed by atoms with Crippen LogP contribution in [0.25, 0.3) is 0 Å². The van der Waals surface area contributed by atoms with Crippen LogP contribution in [-0.4, -0.2) is 34.1 Å². The molecule has 4 nitrogen and oxygen atoms in total. The van der Waals surface area contributed by atoms with Gasteiger partial charge >= 0.3 is 0 Å². The number of benzene rings is 1. The number of nitrogens with one attached hydrogen (secondary N) is 1. The fourth-order valence-corrected chi connectivity index (χ4v) is 2.62. The first-order valence-electron chi connectivity index (χ1n) is 6.54. The molecular formula is C14H23NO3S. The van der Waals surface area contributed by atoms with E-state index in [4.69, 9.17) is 4.74 Å². The van der Waals surface area contributed by atoms with E-state index >= 15 is 0 Å². The quantitative estimate of drug-likeness (QED) is 0.744. The van der Waals surface area contributed by atoms with Crippen LogP contribution in [0.3, 0.4) is 0 Å². The Morgan fingerprint density at radius 3 is 2.58 bits per heavy atom. The van der Waals surface area contributed by atoms with E-state index in [9.17, 15) is 8.42 Å². The maximum atomic E-state index is 11.0. The lowest BCUT2D eigenvalue weighted by Gasteiger charge is -2.18. The Labute approximate surface area is 116 Å². The molecule has 0 aromatic heterocycles. The van der Waals surface area contributed by atoms with E-state index in [0.717, 1.165) is 17.7 Å². The number of hydrogen-bond donors (Lipinski definition) is 1. The van der Waals surface area contributed by atoms with E-state index in [2.05, 4.69) is 12.2 Å². The molecule has 108 valence electrons. The highest BCUT2D eigenvalue weighted by Gasteiger charge is 2.12. The first-order chi connectivity index (χ1) is 8.98. The molecule has 0 amide bonds. The van der Waals surface area contributed by atoms with Crippen LogP contribution >= 0.6 is 0 Å². The summed E-state index contributed by atoms with van der Waals surface area (Å²) in [6.07, 6.45) is 2.73. The third-order valence-corrected chi connectivity index (χ3v) is 4.00. The maximum absolute atomic E-state index is 11.0. The van der Waals surface area contributed by atoms with Gasteiger partial charge in [-0.15, -0.1) is 0 Å². The third kappa shape index (κ3) is 5.61. The van der Waals surface area contributed by atoms with Crippen LogP contribution in [-0.2, 0) is 9.84 Å². The summed E-state index contributed by atoms with van der Waals surface area (Å²) in [5.41, 5.74) is 1.12. The molecule has 0 aliphatic heterocycles. The fraction of sp³-hybridized carbons (Fsp3) is 0.571. The van der Waals surface area contributed by atoms with Crippen molar-refractivity contribution in [3.05, 3.63) is 29.8 Å². The zero-order valence-corrected chi connectivity index (χ0v) is 12.7. The SMILES string of the molecule is CCC(NC)c1ccccc1OCCCS(C)(=O)=O. The summed E-state index contributed by atoms with van der Waals surface area (Å²) in [4.78, 5) is 0. The highest BCUT2D eigenvalue weighted by molar-refractivity contribution is 7.90. The smallest absolute Gasteiger partial charge is 0.147 e. The summed E-state index contributed by atoms with van der Waals surface area (Å²) in [5.74, 6) is 0.996. The van der Waals surface area contributed by atoms with Crippen LogP contribution in [0.2, 0.25) is 0 Å². The Kier molecular flexibility index (Phi) is 6.31. The maximum Gasteiger partial charge on any atom is 0.147 e. The van der Waals surface area contributed by atoms with E-state index in [0.29, 0.717) is 13.0 Å². The number of hydrogen-bond acceptors (Lipinski definition) is 4. The zero-order valence-electron chi connectivity index (χ0n) is 11.8. The van der Waals surface area contributed by atoms with E-state index in [1.54, 1.807) is 0 Å². The lowest BCUT2D eigenvalue weighted by molar-refractivity contribution is 0.310. The van der Waals surface area contributed by atoms with E-state index in [1.807, 2.05) is 31.3 Å². The molecule has 0 saturated heterocycles. The van der Waals surface area contributed by atoms with Crippen molar-refractivity contribution >= 4 is 9.84 Å².